The summed E-state index contributed by atoms with van der Waals surface area (Å²) < 4.78 is 0. The zero-order valence-corrected chi connectivity index (χ0v) is 9.92. The second-order valence-corrected chi connectivity index (χ2v) is 4.45. The number of nitrogens with zero attached hydrogens (tertiary/aromatic N) is 2. The third-order valence-corrected chi connectivity index (χ3v) is 2.97. The van der Waals surface area contributed by atoms with Gasteiger partial charge in [-0.15, -0.1) is 5.10 Å². The number of nitrogens with one attached hydrogen (secondary N) is 1. The summed E-state index contributed by atoms with van der Waals surface area (Å²) in [5.41, 5.74) is 0.318. The molecule has 2 rings (SSSR count). The van der Waals surface area contributed by atoms with E-state index in [1.807, 2.05) is 0 Å². The minimum Gasteiger partial charge on any atom is -0.508 e. The maximum atomic E-state index is 9.63. The zero-order valence-electron chi connectivity index (χ0n) is 9.11. The highest BCUT2D eigenvalue weighted by Crippen LogP contribution is 2.30. The number of benzene rings is 1. The van der Waals surface area contributed by atoms with Gasteiger partial charge in [0.2, 0.25) is 5.16 Å². The van der Waals surface area contributed by atoms with E-state index in [1.54, 1.807) is 0 Å². The van der Waals surface area contributed by atoms with Crippen LogP contribution in [-0.4, -0.2) is 47.7 Å². The minimum absolute atomic E-state index is 0.000756. The van der Waals surface area contributed by atoms with Gasteiger partial charge in [-0.05, 0) is 18.2 Å². The average Bonchev–Trinajstić information content (AvgIpc) is 2.78. The number of H-pyrrole nitrogens is 1. The molecule has 8 heteroatoms. The van der Waals surface area contributed by atoms with E-state index >= 15 is 0 Å². The number of aromatic amines is 1. The van der Waals surface area contributed by atoms with E-state index in [0.717, 1.165) is 11.8 Å². The Balaban J connectivity index is 2.21. The van der Waals surface area contributed by atoms with Gasteiger partial charge in [0.25, 0.3) is 0 Å². The monoisotopic (exact) mass is 269 g/mol. The van der Waals surface area contributed by atoms with Gasteiger partial charge in [0, 0.05) is 0 Å². The largest absolute Gasteiger partial charge is 0.508 e. The molecule has 2 aromatic rings. The van der Waals surface area contributed by atoms with Gasteiger partial charge in [0.15, 0.2) is 12.1 Å². The van der Waals surface area contributed by atoms with Crippen molar-refractivity contribution in [3.63, 3.8) is 0 Å². The van der Waals surface area contributed by atoms with Crippen molar-refractivity contribution in [1.82, 2.24) is 15.2 Å². The molecular formula is C10H11N3O4S. The summed E-state index contributed by atoms with van der Waals surface area (Å²) in [6, 6.07) is 4.05. The van der Waals surface area contributed by atoms with Crippen LogP contribution in [0.4, 0.5) is 0 Å². The molecule has 0 aliphatic heterocycles. The number of phenolic OH excluding ortho intramolecular Hbond substituents is 2. The molecule has 0 fully saturated rings. The van der Waals surface area contributed by atoms with E-state index in [2.05, 4.69) is 15.2 Å². The molecule has 0 atom stereocenters. The van der Waals surface area contributed by atoms with Crippen LogP contribution in [0.15, 0.2) is 23.4 Å². The van der Waals surface area contributed by atoms with Crippen LogP contribution in [0.5, 0.6) is 11.5 Å². The third kappa shape index (κ3) is 2.92. The van der Waals surface area contributed by atoms with Crippen molar-refractivity contribution < 1.29 is 20.4 Å². The van der Waals surface area contributed by atoms with Gasteiger partial charge < -0.3 is 20.4 Å². The van der Waals surface area contributed by atoms with Crippen LogP contribution < -0.4 is 0 Å². The number of phenols is 2. The standard InChI is InChI=1S/C10H11N3O4S/c14-5-1-2-7(15)6(3-5)9-11-10(13-12-9)18-4-8(16)17/h1-3,8,14-17H,4H2,(H,11,12,13). The summed E-state index contributed by atoms with van der Waals surface area (Å²) in [5, 5.41) is 43.2. The summed E-state index contributed by atoms with van der Waals surface area (Å²) in [7, 11) is 0. The number of hydrogen-bond acceptors (Lipinski definition) is 7. The molecule has 0 unspecified atom stereocenters. The number of aliphatic hydroxyl groups excluding tert-OH is 1. The van der Waals surface area contributed by atoms with Crippen molar-refractivity contribution in [1.29, 1.82) is 0 Å². The van der Waals surface area contributed by atoms with E-state index in [4.69, 9.17) is 10.2 Å². The fraction of sp³-hybridized carbons (Fsp3) is 0.200. The van der Waals surface area contributed by atoms with Crippen molar-refractivity contribution in [2.75, 3.05) is 5.75 Å². The number of thioether (sulfide) groups is 1. The summed E-state index contributed by atoms with van der Waals surface area (Å²) in [6.45, 7) is 0. The second-order valence-electron chi connectivity index (χ2n) is 3.46. The normalized spacial score (nSPS) is 11.1. The molecule has 0 bridgehead atoms. The van der Waals surface area contributed by atoms with Crippen LogP contribution >= 0.6 is 11.8 Å². The summed E-state index contributed by atoms with van der Waals surface area (Å²) in [5.74, 6) is 0.295. The van der Waals surface area contributed by atoms with Gasteiger partial charge in [-0.3, -0.25) is 5.10 Å². The lowest BCUT2D eigenvalue weighted by molar-refractivity contribution is -0.0186. The molecule has 7 nitrogen and oxygen atoms in total. The van der Waals surface area contributed by atoms with E-state index in [0.29, 0.717) is 16.5 Å². The molecule has 0 saturated carbocycles. The van der Waals surface area contributed by atoms with Gasteiger partial charge in [-0.1, -0.05) is 11.8 Å². The van der Waals surface area contributed by atoms with Crippen LogP contribution in [0, 0.1) is 0 Å². The number of aromatic hydroxyl groups is 2. The zero-order chi connectivity index (χ0) is 13.1. The molecule has 0 amide bonds. The Morgan fingerprint density at radius 1 is 1.28 bits per heavy atom. The molecule has 5 N–H and O–H groups in total. The topological polar surface area (TPSA) is 122 Å². The highest BCUT2D eigenvalue weighted by atomic mass is 32.2. The van der Waals surface area contributed by atoms with Crippen molar-refractivity contribution >= 4 is 11.8 Å². The van der Waals surface area contributed by atoms with Crippen molar-refractivity contribution in [2.45, 2.75) is 11.4 Å². The maximum absolute atomic E-state index is 9.63. The first-order valence-electron chi connectivity index (χ1n) is 5.00. The van der Waals surface area contributed by atoms with E-state index in [9.17, 15) is 10.2 Å². The fourth-order valence-electron chi connectivity index (χ4n) is 1.29. The highest BCUT2D eigenvalue weighted by Gasteiger charge is 2.11. The van der Waals surface area contributed by atoms with Gasteiger partial charge in [-0.2, -0.15) is 0 Å². The van der Waals surface area contributed by atoms with Gasteiger partial charge in [0.05, 0.1) is 11.3 Å². The first-order chi connectivity index (χ1) is 8.56. The molecule has 1 heterocycles. The average molecular weight is 269 g/mol. The Bertz CT molecular complexity index is 544. The quantitative estimate of drug-likeness (QED) is 0.307. The Labute approximate surface area is 106 Å². The highest BCUT2D eigenvalue weighted by molar-refractivity contribution is 7.99. The van der Waals surface area contributed by atoms with Crippen LogP contribution in [0.1, 0.15) is 0 Å². The summed E-state index contributed by atoms with van der Waals surface area (Å²) in [4.78, 5) is 4.06. The smallest absolute Gasteiger partial charge is 0.208 e. The van der Waals surface area contributed by atoms with E-state index < -0.39 is 6.29 Å². The fourth-order valence-corrected chi connectivity index (χ4v) is 1.86. The lowest BCUT2D eigenvalue weighted by Gasteiger charge is -2.01. The first kappa shape index (κ1) is 12.7. The number of rotatable bonds is 4. The summed E-state index contributed by atoms with van der Waals surface area (Å²) in [6.07, 6.45) is -1.44. The molecule has 1 aromatic carbocycles. The minimum atomic E-state index is -1.44. The van der Waals surface area contributed by atoms with Crippen molar-refractivity contribution in [2.24, 2.45) is 0 Å². The molecule has 0 aliphatic rings. The lowest BCUT2D eigenvalue weighted by atomic mass is 10.2. The SMILES string of the molecule is Oc1ccc(O)c(-c2nc(SCC(O)O)n[nH]2)c1. The molecule has 18 heavy (non-hydrogen) atoms. The molecular weight excluding hydrogens is 258 g/mol. The molecule has 96 valence electrons. The number of hydrogen-bond donors (Lipinski definition) is 5. The van der Waals surface area contributed by atoms with Crippen molar-refractivity contribution in [3.8, 4) is 22.9 Å². The number of aliphatic hydroxyl groups is 2. The van der Waals surface area contributed by atoms with Crippen LogP contribution in [0.25, 0.3) is 11.4 Å². The van der Waals surface area contributed by atoms with Gasteiger partial charge in [0.1, 0.15) is 11.5 Å². The predicted molar refractivity (Wildman–Crippen MR) is 64.1 cm³/mol. The predicted octanol–water partition coefficient (Wildman–Crippen LogP) is 0.286. The molecule has 1 aromatic heterocycles. The molecule has 0 saturated heterocycles. The first-order valence-corrected chi connectivity index (χ1v) is 5.98. The molecule has 0 aliphatic carbocycles. The molecule has 0 spiro atoms. The van der Waals surface area contributed by atoms with E-state index in [-0.39, 0.29) is 17.3 Å². The Kier molecular flexibility index (Phi) is 3.70. The lowest BCUT2D eigenvalue weighted by Crippen LogP contribution is -2.07. The van der Waals surface area contributed by atoms with Gasteiger partial charge >= 0.3 is 0 Å². The molecule has 0 radical (unpaired) electrons. The Morgan fingerprint density at radius 2 is 2.06 bits per heavy atom. The van der Waals surface area contributed by atoms with Crippen LogP contribution in [0.2, 0.25) is 0 Å². The Morgan fingerprint density at radius 3 is 2.78 bits per heavy atom. The van der Waals surface area contributed by atoms with Crippen LogP contribution in [-0.2, 0) is 0 Å². The maximum Gasteiger partial charge on any atom is 0.208 e. The second kappa shape index (κ2) is 5.25. The van der Waals surface area contributed by atoms with Crippen LogP contribution in [0.3, 0.4) is 0 Å². The van der Waals surface area contributed by atoms with Gasteiger partial charge in [-0.25, -0.2) is 4.98 Å². The summed E-state index contributed by atoms with van der Waals surface area (Å²) >= 11 is 1.06. The Hall–Kier alpha value is -1.77. The van der Waals surface area contributed by atoms with Crippen molar-refractivity contribution in [3.05, 3.63) is 18.2 Å². The number of aromatic nitrogens is 3. The third-order valence-electron chi connectivity index (χ3n) is 2.06. The van der Waals surface area contributed by atoms with E-state index in [1.165, 1.54) is 18.2 Å².